The van der Waals surface area contributed by atoms with E-state index in [1.807, 2.05) is 0 Å². The second-order valence-electron chi connectivity index (χ2n) is 6.57. The zero-order valence-corrected chi connectivity index (χ0v) is 14.2. The lowest BCUT2D eigenvalue weighted by Crippen LogP contribution is -2.32. The fourth-order valence-electron chi connectivity index (χ4n) is 3.22. The van der Waals surface area contributed by atoms with Gasteiger partial charge in [-0.3, -0.25) is 0 Å². The molecule has 0 bridgehead atoms. The zero-order valence-electron chi connectivity index (χ0n) is 14.2. The molecule has 1 aromatic carbocycles. The zero-order chi connectivity index (χ0) is 19.3. The van der Waals surface area contributed by atoms with Crippen LogP contribution in [0.15, 0.2) is 41.2 Å². The molecule has 1 N–H and O–H groups in total. The molecule has 1 fully saturated rings. The normalized spacial score (nSPS) is 21.9. The summed E-state index contributed by atoms with van der Waals surface area (Å²) < 4.78 is 45.8. The summed E-state index contributed by atoms with van der Waals surface area (Å²) in [7, 11) is 0. The molecule has 2 aliphatic rings. The molecule has 0 unspecified atom stereocenters. The second-order valence-corrected chi connectivity index (χ2v) is 6.57. The maximum atomic E-state index is 13.1. The second kappa shape index (κ2) is 6.04. The van der Waals surface area contributed by atoms with Gasteiger partial charge in [0.1, 0.15) is 11.8 Å². The molecule has 5 rings (SSSR count). The van der Waals surface area contributed by atoms with Crippen LogP contribution in [0.3, 0.4) is 0 Å². The minimum atomic E-state index is -3.61. The Kier molecular flexibility index (Phi) is 3.61. The summed E-state index contributed by atoms with van der Waals surface area (Å²) in [6.07, 6.45) is 0.701. The minimum Gasteiger partial charge on any atom is -0.491 e. The summed E-state index contributed by atoms with van der Waals surface area (Å²) >= 11 is 0. The highest BCUT2D eigenvalue weighted by Gasteiger charge is 2.44. The first-order valence-electron chi connectivity index (χ1n) is 8.50. The topological polar surface area (TPSA) is 99.7 Å². The summed E-state index contributed by atoms with van der Waals surface area (Å²) in [5.74, 6) is 0.695. The van der Waals surface area contributed by atoms with Crippen molar-refractivity contribution in [1.82, 2.24) is 15.1 Å². The maximum Gasteiger partial charge on any atom is 0.586 e. The lowest BCUT2D eigenvalue weighted by molar-refractivity contribution is -0.286. The fraction of sp³-hybridized carbons (Fsp3) is 0.278. The van der Waals surface area contributed by atoms with E-state index in [1.54, 1.807) is 12.1 Å². The van der Waals surface area contributed by atoms with Crippen LogP contribution in [0.4, 0.5) is 8.78 Å². The average molecular weight is 389 g/mol. The quantitative estimate of drug-likeness (QED) is 0.724. The summed E-state index contributed by atoms with van der Waals surface area (Å²) in [6, 6.07) is 6.16. The van der Waals surface area contributed by atoms with Crippen molar-refractivity contribution >= 4 is 0 Å². The molecule has 10 heteroatoms. The van der Waals surface area contributed by atoms with Crippen LogP contribution in [-0.2, 0) is 0 Å². The average Bonchev–Trinajstić information content (AvgIpc) is 3.19. The van der Waals surface area contributed by atoms with Gasteiger partial charge in [0.2, 0.25) is 5.88 Å². The van der Waals surface area contributed by atoms with Crippen LogP contribution in [0.1, 0.15) is 24.3 Å². The Bertz CT molecular complexity index is 1020. The number of aromatic nitrogens is 3. The van der Waals surface area contributed by atoms with Gasteiger partial charge in [-0.2, -0.15) is 0 Å². The van der Waals surface area contributed by atoms with Crippen molar-refractivity contribution in [1.29, 1.82) is 0 Å². The van der Waals surface area contributed by atoms with E-state index in [1.165, 1.54) is 24.5 Å². The molecular weight excluding hydrogens is 376 g/mol. The van der Waals surface area contributed by atoms with Gasteiger partial charge < -0.3 is 23.8 Å². The molecule has 1 aliphatic heterocycles. The van der Waals surface area contributed by atoms with Gasteiger partial charge in [-0.25, -0.2) is 9.97 Å². The number of aromatic hydroxyl groups is 1. The highest BCUT2D eigenvalue weighted by Crippen LogP contribution is 2.45. The van der Waals surface area contributed by atoms with Crippen molar-refractivity contribution in [3.05, 3.63) is 42.2 Å². The number of hydrogen-bond donors (Lipinski definition) is 1. The SMILES string of the molecule is Oc1cc(-c2cnc(O[C@H]3C[C@@H](c4ccc5c(c4)OC(F)(F)O5)C3)cn2)on1. The van der Waals surface area contributed by atoms with E-state index >= 15 is 0 Å². The van der Waals surface area contributed by atoms with Gasteiger partial charge in [0.15, 0.2) is 17.3 Å². The van der Waals surface area contributed by atoms with Gasteiger partial charge in [-0.1, -0.05) is 6.07 Å². The van der Waals surface area contributed by atoms with Crippen molar-refractivity contribution in [2.45, 2.75) is 31.2 Å². The fourth-order valence-corrected chi connectivity index (χ4v) is 3.22. The molecule has 1 saturated carbocycles. The van der Waals surface area contributed by atoms with Crippen LogP contribution in [0.5, 0.6) is 23.3 Å². The summed E-state index contributed by atoms with van der Waals surface area (Å²) in [5.41, 5.74) is 1.32. The largest absolute Gasteiger partial charge is 0.586 e. The van der Waals surface area contributed by atoms with E-state index in [4.69, 9.17) is 9.26 Å². The molecule has 0 radical (unpaired) electrons. The van der Waals surface area contributed by atoms with Crippen molar-refractivity contribution in [3.8, 4) is 34.7 Å². The van der Waals surface area contributed by atoms with Gasteiger partial charge >= 0.3 is 6.29 Å². The Morgan fingerprint density at radius 1 is 1.07 bits per heavy atom. The van der Waals surface area contributed by atoms with Crippen LogP contribution in [0, 0.1) is 0 Å². The van der Waals surface area contributed by atoms with E-state index in [0.29, 0.717) is 17.3 Å². The van der Waals surface area contributed by atoms with Gasteiger partial charge in [0.05, 0.1) is 18.5 Å². The Labute approximate surface area is 156 Å². The molecule has 144 valence electrons. The number of hydrogen-bond acceptors (Lipinski definition) is 8. The van der Waals surface area contributed by atoms with Crippen molar-refractivity contribution in [2.24, 2.45) is 0 Å². The molecule has 8 nitrogen and oxygen atoms in total. The third-order valence-corrected chi connectivity index (χ3v) is 4.66. The molecule has 0 spiro atoms. The molecule has 1 aliphatic carbocycles. The Hall–Kier alpha value is -3.43. The number of benzene rings is 1. The molecule has 28 heavy (non-hydrogen) atoms. The van der Waals surface area contributed by atoms with E-state index < -0.39 is 6.29 Å². The van der Waals surface area contributed by atoms with Gasteiger partial charge in [-0.15, -0.1) is 8.78 Å². The predicted octanol–water partition coefficient (Wildman–Crippen LogP) is 3.48. The van der Waals surface area contributed by atoms with Crippen molar-refractivity contribution < 1.29 is 32.6 Å². The van der Waals surface area contributed by atoms with Gasteiger partial charge in [0.25, 0.3) is 5.88 Å². The Balaban J connectivity index is 1.19. The molecular formula is C18H13F2N3O5. The molecule has 2 aromatic heterocycles. The Morgan fingerprint density at radius 3 is 2.61 bits per heavy atom. The number of rotatable bonds is 4. The lowest BCUT2D eigenvalue weighted by atomic mass is 9.77. The highest BCUT2D eigenvalue weighted by molar-refractivity contribution is 5.51. The molecule has 3 aromatic rings. The van der Waals surface area contributed by atoms with E-state index in [2.05, 4.69) is 24.6 Å². The van der Waals surface area contributed by atoms with E-state index in [0.717, 1.165) is 18.4 Å². The molecule has 3 heterocycles. The molecule has 0 atom stereocenters. The molecule has 0 amide bonds. The Morgan fingerprint density at radius 2 is 1.89 bits per heavy atom. The summed E-state index contributed by atoms with van der Waals surface area (Å²) in [6.45, 7) is 0. The van der Waals surface area contributed by atoms with Crippen LogP contribution in [0.2, 0.25) is 0 Å². The number of fused-ring (bicyclic) bond motifs is 1. The third kappa shape index (κ3) is 3.06. The van der Waals surface area contributed by atoms with E-state index in [9.17, 15) is 13.9 Å². The maximum absolute atomic E-state index is 13.1. The number of nitrogens with zero attached hydrogens (tertiary/aromatic N) is 3. The minimum absolute atomic E-state index is 0.0383. The first-order chi connectivity index (χ1) is 13.4. The smallest absolute Gasteiger partial charge is 0.491 e. The van der Waals surface area contributed by atoms with Crippen LogP contribution in [-0.4, -0.2) is 32.6 Å². The number of ether oxygens (including phenoxy) is 3. The van der Waals surface area contributed by atoms with Crippen LogP contribution >= 0.6 is 0 Å². The number of halogens is 2. The van der Waals surface area contributed by atoms with Gasteiger partial charge in [0, 0.05) is 0 Å². The van der Waals surface area contributed by atoms with Gasteiger partial charge in [-0.05, 0) is 41.6 Å². The molecule has 0 saturated heterocycles. The van der Waals surface area contributed by atoms with E-state index in [-0.39, 0.29) is 29.4 Å². The van der Waals surface area contributed by atoms with Crippen LogP contribution in [0.25, 0.3) is 11.5 Å². The first-order valence-corrected chi connectivity index (χ1v) is 8.50. The highest BCUT2D eigenvalue weighted by atomic mass is 19.3. The monoisotopic (exact) mass is 389 g/mol. The number of alkyl halides is 2. The summed E-state index contributed by atoms with van der Waals surface area (Å²) in [4.78, 5) is 8.34. The standard InChI is InChI=1S/C18H13F2N3O5/c19-18(20)26-13-2-1-9(5-15(13)27-18)10-3-11(4-10)25-17-8-21-12(7-22-17)14-6-16(24)23-28-14/h1-2,5-8,10-11H,3-4H2,(H,23,24)/t10-,11+. The van der Waals surface area contributed by atoms with Crippen LogP contribution < -0.4 is 14.2 Å². The third-order valence-electron chi connectivity index (χ3n) is 4.66. The first kappa shape index (κ1) is 16.7. The van der Waals surface area contributed by atoms with Crippen molar-refractivity contribution in [3.63, 3.8) is 0 Å². The summed E-state index contributed by atoms with van der Waals surface area (Å²) in [5, 5.41) is 12.6. The predicted molar refractivity (Wildman–Crippen MR) is 88.2 cm³/mol. The van der Waals surface area contributed by atoms with Crippen molar-refractivity contribution in [2.75, 3.05) is 0 Å². The lowest BCUT2D eigenvalue weighted by Gasteiger charge is -2.35.